The highest BCUT2D eigenvalue weighted by molar-refractivity contribution is 5.81. The Hall–Kier alpha value is -1.14. The molecule has 5 unspecified atom stereocenters. The summed E-state index contributed by atoms with van der Waals surface area (Å²) in [5.74, 6) is 0.706. The molecular formula is C19H33N3O4. The minimum atomic E-state index is -0.666. The number of azide groups is 1. The van der Waals surface area contributed by atoms with E-state index in [9.17, 15) is 4.79 Å². The van der Waals surface area contributed by atoms with Gasteiger partial charge in [-0.1, -0.05) is 39.7 Å². The molecule has 0 aromatic carbocycles. The van der Waals surface area contributed by atoms with Crippen LogP contribution in [0.3, 0.4) is 0 Å². The third-order valence-electron chi connectivity index (χ3n) is 6.57. The molecule has 0 radical (unpaired) electrons. The van der Waals surface area contributed by atoms with Crippen LogP contribution in [0.5, 0.6) is 0 Å². The standard InChI is InChI=1S/C19H33N3O4/c1-8-15-10(3)11(4)16(21-22-20)19(25-15)26-17-12(5)9(2)14(7)24-18(17)13(6)23/h9-12,14-19H,8H2,1-7H3/t9?,10-,11+,12-,14?,15?,16?,17-,18?,19+/m1/s1. The summed E-state index contributed by atoms with van der Waals surface area (Å²) in [7, 11) is 0. The van der Waals surface area contributed by atoms with Crippen LogP contribution < -0.4 is 0 Å². The van der Waals surface area contributed by atoms with Gasteiger partial charge >= 0.3 is 0 Å². The first kappa shape index (κ1) is 21.2. The van der Waals surface area contributed by atoms with Gasteiger partial charge in [-0.05, 0) is 49.5 Å². The summed E-state index contributed by atoms with van der Waals surface area (Å²) < 4.78 is 18.4. The van der Waals surface area contributed by atoms with E-state index < -0.39 is 24.5 Å². The van der Waals surface area contributed by atoms with E-state index in [1.807, 2.05) is 6.92 Å². The van der Waals surface area contributed by atoms with E-state index in [1.54, 1.807) is 0 Å². The first-order valence-electron chi connectivity index (χ1n) is 9.73. The second kappa shape index (κ2) is 8.70. The number of carbonyl (C=O) groups is 1. The van der Waals surface area contributed by atoms with Crippen molar-refractivity contribution in [2.24, 2.45) is 28.8 Å². The van der Waals surface area contributed by atoms with Crippen LogP contribution in [-0.2, 0) is 19.0 Å². The van der Waals surface area contributed by atoms with Crippen LogP contribution in [0.1, 0.15) is 54.9 Å². The van der Waals surface area contributed by atoms with E-state index >= 15 is 0 Å². The van der Waals surface area contributed by atoms with Gasteiger partial charge in [0.25, 0.3) is 0 Å². The lowest BCUT2D eigenvalue weighted by molar-refractivity contribution is -0.283. The lowest BCUT2D eigenvalue weighted by Crippen LogP contribution is -2.57. The molecule has 0 saturated carbocycles. The van der Waals surface area contributed by atoms with Crippen LogP contribution >= 0.6 is 0 Å². The van der Waals surface area contributed by atoms with Crippen molar-refractivity contribution in [1.82, 2.24) is 0 Å². The molecule has 2 aliphatic rings. The number of Topliss-reactive ketones (excluding diaryl/α,β-unsaturated/α-hetero) is 1. The summed E-state index contributed by atoms with van der Waals surface area (Å²) >= 11 is 0. The molecule has 10 atom stereocenters. The smallest absolute Gasteiger partial charge is 0.167 e. The summed E-state index contributed by atoms with van der Waals surface area (Å²) in [5.41, 5.74) is 9.01. The zero-order chi connectivity index (χ0) is 19.6. The van der Waals surface area contributed by atoms with Gasteiger partial charge in [0, 0.05) is 4.91 Å². The summed E-state index contributed by atoms with van der Waals surface area (Å²) in [5, 5.41) is 3.96. The number of hydrogen-bond acceptors (Lipinski definition) is 5. The Labute approximate surface area is 156 Å². The molecule has 0 bridgehead atoms. The highest BCUT2D eigenvalue weighted by Crippen LogP contribution is 2.39. The van der Waals surface area contributed by atoms with Crippen molar-refractivity contribution in [3.63, 3.8) is 0 Å². The highest BCUT2D eigenvalue weighted by Gasteiger charge is 2.47. The van der Waals surface area contributed by atoms with Gasteiger partial charge in [0.05, 0.1) is 24.4 Å². The number of hydrogen-bond donors (Lipinski definition) is 0. The SMILES string of the molecule is CCC1O[C@@H](O[C@H]2C(C(C)=O)OC(C)C(C)[C@H]2C)C(N=[N+]=[N-])[C@@H](C)[C@H]1C. The van der Waals surface area contributed by atoms with E-state index in [0.717, 1.165) is 6.42 Å². The minimum absolute atomic E-state index is 0.0127. The highest BCUT2D eigenvalue weighted by atomic mass is 16.7. The van der Waals surface area contributed by atoms with E-state index in [2.05, 4.69) is 44.6 Å². The first-order valence-corrected chi connectivity index (χ1v) is 9.73. The second-order valence-corrected chi connectivity index (χ2v) is 8.06. The van der Waals surface area contributed by atoms with Gasteiger partial charge in [0.2, 0.25) is 0 Å². The van der Waals surface area contributed by atoms with Gasteiger partial charge in [0.15, 0.2) is 12.1 Å². The fourth-order valence-corrected chi connectivity index (χ4v) is 4.19. The molecular weight excluding hydrogens is 334 g/mol. The van der Waals surface area contributed by atoms with E-state index in [0.29, 0.717) is 0 Å². The van der Waals surface area contributed by atoms with Crippen LogP contribution in [0.25, 0.3) is 10.4 Å². The number of ketones is 1. The van der Waals surface area contributed by atoms with Crippen molar-refractivity contribution in [3.8, 4) is 0 Å². The van der Waals surface area contributed by atoms with Crippen LogP contribution in [0.4, 0.5) is 0 Å². The zero-order valence-electron chi connectivity index (χ0n) is 17.0. The van der Waals surface area contributed by atoms with Gasteiger partial charge in [-0.15, -0.1) is 0 Å². The van der Waals surface area contributed by atoms with Crippen molar-refractivity contribution >= 4 is 5.78 Å². The Kier molecular flexibility index (Phi) is 7.08. The maximum atomic E-state index is 12.2. The fraction of sp³-hybridized carbons (Fsp3) is 0.947. The molecule has 26 heavy (non-hydrogen) atoms. The number of ether oxygens (including phenoxy) is 3. The summed E-state index contributed by atoms with van der Waals surface area (Å²) in [6, 6.07) is -0.424. The molecule has 0 spiro atoms. The molecule has 0 aliphatic carbocycles. The molecule has 0 aromatic rings. The molecule has 2 saturated heterocycles. The first-order chi connectivity index (χ1) is 12.2. The molecule has 2 heterocycles. The van der Waals surface area contributed by atoms with Gasteiger partial charge in [0.1, 0.15) is 6.10 Å². The Balaban J connectivity index is 2.28. The van der Waals surface area contributed by atoms with Crippen molar-refractivity contribution < 1.29 is 19.0 Å². The zero-order valence-corrected chi connectivity index (χ0v) is 17.0. The summed E-state index contributed by atoms with van der Waals surface area (Å²) in [6.45, 7) is 14.0. The Morgan fingerprint density at radius 3 is 2.27 bits per heavy atom. The average molecular weight is 367 g/mol. The third-order valence-corrected chi connectivity index (χ3v) is 6.57. The Morgan fingerprint density at radius 1 is 1.08 bits per heavy atom. The molecule has 2 aliphatic heterocycles. The Bertz CT molecular complexity index is 551. The fourth-order valence-electron chi connectivity index (χ4n) is 4.19. The van der Waals surface area contributed by atoms with Crippen LogP contribution in [-0.4, -0.2) is 42.5 Å². The third kappa shape index (κ3) is 4.06. The molecule has 148 valence electrons. The van der Waals surface area contributed by atoms with Crippen LogP contribution in [0, 0.1) is 23.7 Å². The largest absolute Gasteiger partial charge is 0.364 e. The lowest BCUT2D eigenvalue weighted by atomic mass is 9.80. The van der Waals surface area contributed by atoms with Gasteiger partial charge in [-0.3, -0.25) is 4.79 Å². The Morgan fingerprint density at radius 2 is 1.73 bits per heavy atom. The van der Waals surface area contributed by atoms with Gasteiger partial charge in [-0.2, -0.15) is 0 Å². The van der Waals surface area contributed by atoms with Crippen molar-refractivity contribution in [1.29, 1.82) is 0 Å². The molecule has 0 amide bonds. The van der Waals surface area contributed by atoms with Gasteiger partial charge in [-0.25, -0.2) is 0 Å². The monoisotopic (exact) mass is 367 g/mol. The summed E-state index contributed by atoms with van der Waals surface area (Å²) in [6.07, 6.45) is -0.831. The number of nitrogens with zero attached hydrogens (tertiary/aromatic N) is 3. The molecule has 2 fully saturated rings. The number of rotatable bonds is 5. The van der Waals surface area contributed by atoms with Crippen molar-refractivity contribution in [2.45, 2.75) is 91.6 Å². The molecule has 2 rings (SSSR count). The van der Waals surface area contributed by atoms with Crippen molar-refractivity contribution in [3.05, 3.63) is 10.4 Å². The van der Waals surface area contributed by atoms with E-state index in [4.69, 9.17) is 19.7 Å². The lowest BCUT2D eigenvalue weighted by Gasteiger charge is -2.48. The quantitative estimate of drug-likeness (QED) is 0.415. The molecule has 0 N–H and O–H groups in total. The maximum absolute atomic E-state index is 12.2. The van der Waals surface area contributed by atoms with Crippen LogP contribution in [0.15, 0.2) is 5.11 Å². The molecule has 7 heteroatoms. The van der Waals surface area contributed by atoms with Crippen molar-refractivity contribution in [2.75, 3.05) is 0 Å². The maximum Gasteiger partial charge on any atom is 0.167 e. The number of carbonyl (C=O) groups excluding carboxylic acids is 1. The average Bonchev–Trinajstić information content (AvgIpc) is 2.60. The van der Waals surface area contributed by atoms with E-state index in [-0.39, 0.29) is 41.7 Å². The topological polar surface area (TPSA) is 93.5 Å². The summed E-state index contributed by atoms with van der Waals surface area (Å²) in [4.78, 5) is 15.2. The predicted octanol–water partition coefficient (Wildman–Crippen LogP) is 4.11. The predicted molar refractivity (Wildman–Crippen MR) is 98.4 cm³/mol. The van der Waals surface area contributed by atoms with Crippen LogP contribution in [0.2, 0.25) is 0 Å². The molecule has 0 aromatic heterocycles. The minimum Gasteiger partial charge on any atom is -0.364 e. The van der Waals surface area contributed by atoms with E-state index in [1.165, 1.54) is 6.92 Å². The van der Waals surface area contributed by atoms with Gasteiger partial charge < -0.3 is 14.2 Å². The normalized spacial score (nSPS) is 46.4. The second-order valence-electron chi connectivity index (χ2n) is 8.06. The molecule has 7 nitrogen and oxygen atoms in total.